The van der Waals surface area contributed by atoms with E-state index in [2.05, 4.69) is 38.2 Å². The van der Waals surface area contributed by atoms with E-state index in [1.165, 1.54) is 116 Å². The molecule has 0 aromatic carbocycles. The number of aliphatic hydroxyl groups is 1. The molecule has 44 heavy (non-hydrogen) atoms. The Morgan fingerprint density at radius 3 is 1.39 bits per heavy atom. The molecule has 0 aliphatic heterocycles. The van der Waals surface area contributed by atoms with E-state index in [0.29, 0.717) is 12.8 Å². The van der Waals surface area contributed by atoms with Crippen LogP contribution in [0.1, 0.15) is 194 Å². The van der Waals surface area contributed by atoms with Crippen LogP contribution in [-0.2, 0) is 19.1 Å². The van der Waals surface area contributed by atoms with Gasteiger partial charge in [0, 0.05) is 12.8 Å². The average molecular weight is 621 g/mol. The van der Waals surface area contributed by atoms with Crippen molar-refractivity contribution in [2.24, 2.45) is 0 Å². The van der Waals surface area contributed by atoms with Gasteiger partial charge in [-0.25, -0.2) is 0 Å². The van der Waals surface area contributed by atoms with Crippen LogP contribution in [0.4, 0.5) is 0 Å². The molecule has 0 aromatic rings. The molecule has 0 radical (unpaired) electrons. The Morgan fingerprint density at radius 2 is 0.909 bits per heavy atom. The van der Waals surface area contributed by atoms with Crippen molar-refractivity contribution >= 4 is 11.9 Å². The largest absolute Gasteiger partial charge is 0.462 e. The number of esters is 2. The van der Waals surface area contributed by atoms with Gasteiger partial charge < -0.3 is 14.6 Å². The van der Waals surface area contributed by atoms with Gasteiger partial charge in [0.1, 0.15) is 6.61 Å². The fraction of sp³-hybridized carbons (Fsp3) is 0.846. The van der Waals surface area contributed by atoms with Gasteiger partial charge in [0.25, 0.3) is 0 Å². The van der Waals surface area contributed by atoms with Gasteiger partial charge in [-0.3, -0.25) is 9.59 Å². The van der Waals surface area contributed by atoms with Crippen LogP contribution >= 0.6 is 0 Å². The first-order valence-electron chi connectivity index (χ1n) is 18.9. The lowest BCUT2D eigenvalue weighted by molar-refractivity contribution is -0.161. The van der Waals surface area contributed by atoms with E-state index in [-0.39, 0.29) is 25.2 Å². The fourth-order valence-electron chi connectivity index (χ4n) is 5.35. The lowest BCUT2D eigenvalue weighted by Crippen LogP contribution is -2.28. The molecule has 0 spiro atoms. The summed E-state index contributed by atoms with van der Waals surface area (Å²) in [5.74, 6) is -0.601. The molecular weight excluding hydrogens is 548 g/mol. The number of carbonyl (C=O) groups excluding carboxylic acids is 2. The summed E-state index contributed by atoms with van der Waals surface area (Å²) in [7, 11) is 0. The fourth-order valence-corrected chi connectivity index (χ4v) is 5.35. The van der Waals surface area contributed by atoms with Crippen molar-refractivity contribution in [3.05, 3.63) is 24.3 Å². The molecule has 0 amide bonds. The van der Waals surface area contributed by atoms with Crippen LogP contribution in [0.25, 0.3) is 0 Å². The highest BCUT2D eigenvalue weighted by molar-refractivity contribution is 5.70. The minimum Gasteiger partial charge on any atom is -0.462 e. The Hall–Kier alpha value is -1.62. The van der Waals surface area contributed by atoms with Gasteiger partial charge in [-0.1, -0.05) is 160 Å². The quantitative estimate of drug-likeness (QED) is 0.0440. The second-order valence-electron chi connectivity index (χ2n) is 12.7. The molecule has 0 aliphatic rings. The van der Waals surface area contributed by atoms with Gasteiger partial charge in [-0.05, 0) is 44.9 Å². The zero-order chi connectivity index (χ0) is 32.2. The maximum atomic E-state index is 12.1. The number of unbranched alkanes of at least 4 members (excludes halogenated alkanes) is 22. The molecule has 0 aromatic heterocycles. The summed E-state index contributed by atoms with van der Waals surface area (Å²) in [6, 6.07) is 0. The minimum absolute atomic E-state index is 0.0693. The SMILES string of the molecule is CCCCC/C=C\C/C=C\CCCCCCCC(=O)OCC(CO)OC(=O)CCCCCCCCCCCCCCCCC. The second-order valence-corrected chi connectivity index (χ2v) is 12.7. The summed E-state index contributed by atoms with van der Waals surface area (Å²) in [4.78, 5) is 24.2. The van der Waals surface area contributed by atoms with E-state index in [9.17, 15) is 14.7 Å². The predicted molar refractivity (Wildman–Crippen MR) is 187 cm³/mol. The zero-order valence-corrected chi connectivity index (χ0v) is 29.2. The summed E-state index contributed by atoms with van der Waals surface area (Å²) in [5, 5.41) is 9.53. The van der Waals surface area contributed by atoms with Crippen LogP contribution in [-0.4, -0.2) is 36.4 Å². The third kappa shape index (κ3) is 33.3. The topological polar surface area (TPSA) is 72.8 Å². The van der Waals surface area contributed by atoms with Gasteiger partial charge in [0.2, 0.25) is 0 Å². The Kier molecular flexibility index (Phi) is 34.5. The minimum atomic E-state index is -0.771. The number of ether oxygens (including phenoxy) is 2. The Labute approximate surface area is 273 Å². The lowest BCUT2D eigenvalue weighted by Gasteiger charge is -2.15. The molecule has 5 nitrogen and oxygen atoms in total. The molecular formula is C39H72O5. The Morgan fingerprint density at radius 1 is 0.523 bits per heavy atom. The molecule has 0 heterocycles. The summed E-state index contributed by atoms with van der Waals surface area (Å²) < 4.78 is 10.6. The first-order valence-corrected chi connectivity index (χ1v) is 18.9. The van der Waals surface area contributed by atoms with Crippen molar-refractivity contribution in [3.8, 4) is 0 Å². The van der Waals surface area contributed by atoms with Crippen molar-refractivity contribution < 1.29 is 24.2 Å². The number of allylic oxidation sites excluding steroid dienone is 4. The maximum absolute atomic E-state index is 12.1. The summed E-state index contributed by atoms with van der Waals surface area (Å²) in [6.45, 7) is 4.10. The predicted octanol–water partition coefficient (Wildman–Crippen LogP) is 11.5. The van der Waals surface area contributed by atoms with E-state index in [4.69, 9.17) is 9.47 Å². The standard InChI is InChI=1S/C39H72O5/c1-3-5-7-9-11-13-15-17-19-21-23-25-27-29-31-33-38(41)43-36-37(35-40)44-39(42)34-32-30-28-26-24-22-20-18-16-14-12-10-8-6-4-2/h11,13,17,19,37,40H,3-10,12,14-16,18,20-36H2,1-2H3/b13-11-,19-17-. The first kappa shape index (κ1) is 42.4. The zero-order valence-electron chi connectivity index (χ0n) is 29.2. The number of carbonyl (C=O) groups is 2. The first-order chi connectivity index (χ1) is 21.6. The van der Waals surface area contributed by atoms with Crippen molar-refractivity contribution in [2.75, 3.05) is 13.2 Å². The highest BCUT2D eigenvalue weighted by Crippen LogP contribution is 2.14. The normalized spacial score (nSPS) is 12.3. The molecule has 1 N–H and O–H groups in total. The molecule has 0 rings (SSSR count). The molecule has 0 bridgehead atoms. The van der Waals surface area contributed by atoms with Gasteiger partial charge >= 0.3 is 11.9 Å². The number of rotatable bonds is 34. The van der Waals surface area contributed by atoms with Crippen LogP contribution in [0, 0.1) is 0 Å². The molecule has 0 aliphatic carbocycles. The third-order valence-corrected chi connectivity index (χ3v) is 8.25. The average Bonchev–Trinajstić information content (AvgIpc) is 3.02. The van der Waals surface area contributed by atoms with Gasteiger partial charge in [0.15, 0.2) is 6.10 Å². The highest BCUT2D eigenvalue weighted by atomic mass is 16.6. The lowest BCUT2D eigenvalue weighted by atomic mass is 10.0. The smallest absolute Gasteiger partial charge is 0.306 e. The van der Waals surface area contributed by atoms with Crippen LogP contribution in [0.3, 0.4) is 0 Å². The van der Waals surface area contributed by atoms with Gasteiger partial charge in [0.05, 0.1) is 6.61 Å². The molecule has 5 heteroatoms. The molecule has 258 valence electrons. The van der Waals surface area contributed by atoms with E-state index in [0.717, 1.165) is 51.4 Å². The Bertz CT molecular complexity index is 671. The van der Waals surface area contributed by atoms with Crippen LogP contribution in [0.15, 0.2) is 24.3 Å². The monoisotopic (exact) mass is 621 g/mol. The van der Waals surface area contributed by atoms with E-state index < -0.39 is 6.10 Å². The summed E-state index contributed by atoms with van der Waals surface area (Å²) in [6.07, 6.45) is 40.9. The second kappa shape index (κ2) is 35.9. The molecule has 0 saturated carbocycles. The number of hydrogen-bond acceptors (Lipinski definition) is 5. The number of hydrogen-bond donors (Lipinski definition) is 1. The maximum Gasteiger partial charge on any atom is 0.306 e. The summed E-state index contributed by atoms with van der Waals surface area (Å²) in [5.41, 5.74) is 0. The van der Waals surface area contributed by atoms with E-state index in [1.807, 2.05) is 0 Å². The van der Waals surface area contributed by atoms with Crippen LogP contribution in [0.2, 0.25) is 0 Å². The molecule has 0 fully saturated rings. The van der Waals surface area contributed by atoms with Crippen molar-refractivity contribution in [1.29, 1.82) is 0 Å². The van der Waals surface area contributed by atoms with Crippen LogP contribution in [0.5, 0.6) is 0 Å². The molecule has 0 saturated heterocycles. The van der Waals surface area contributed by atoms with E-state index >= 15 is 0 Å². The highest BCUT2D eigenvalue weighted by Gasteiger charge is 2.16. The number of aliphatic hydroxyl groups excluding tert-OH is 1. The van der Waals surface area contributed by atoms with Crippen molar-refractivity contribution in [3.63, 3.8) is 0 Å². The van der Waals surface area contributed by atoms with Crippen LogP contribution < -0.4 is 0 Å². The van der Waals surface area contributed by atoms with Crippen molar-refractivity contribution in [1.82, 2.24) is 0 Å². The molecule has 1 atom stereocenters. The third-order valence-electron chi connectivity index (χ3n) is 8.25. The van der Waals surface area contributed by atoms with E-state index in [1.54, 1.807) is 0 Å². The Balaban J connectivity index is 3.56. The van der Waals surface area contributed by atoms with Gasteiger partial charge in [-0.15, -0.1) is 0 Å². The molecule has 1 unspecified atom stereocenters. The van der Waals surface area contributed by atoms with Crippen molar-refractivity contribution in [2.45, 2.75) is 200 Å². The van der Waals surface area contributed by atoms with Gasteiger partial charge in [-0.2, -0.15) is 0 Å². The summed E-state index contributed by atoms with van der Waals surface area (Å²) >= 11 is 0.